The van der Waals surface area contributed by atoms with Gasteiger partial charge in [-0.2, -0.15) is 5.10 Å². The highest BCUT2D eigenvalue weighted by Crippen LogP contribution is 2.33. The third kappa shape index (κ3) is 2.34. The fraction of sp³-hybridized carbons (Fsp3) is 0.438. The third-order valence-electron chi connectivity index (χ3n) is 4.28. The van der Waals surface area contributed by atoms with E-state index in [2.05, 4.69) is 50.7 Å². The van der Waals surface area contributed by atoms with Gasteiger partial charge in [0.15, 0.2) is 5.65 Å². The van der Waals surface area contributed by atoms with Crippen molar-refractivity contribution in [3.8, 4) is 0 Å². The number of anilines is 2. The van der Waals surface area contributed by atoms with Crippen molar-refractivity contribution in [2.75, 3.05) is 23.7 Å². The zero-order valence-electron chi connectivity index (χ0n) is 14.0. The highest BCUT2D eigenvalue weighted by atomic mass is 15.3. The first-order valence-corrected chi connectivity index (χ1v) is 7.96. The first-order chi connectivity index (χ1) is 11.4. The van der Waals surface area contributed by atoms with E-state index in [-0.39, 0.29) is 5.54 Å². The number of hydrogen-bond acceptors (Lipinski definition) is 7. The Hall–Kier alpha value is -2.77. The SMILES string of the molecule is CC(C)(C)n1ncc2c(N3CC(c4ccnc(N)n4)C3)ncnc21. The van der Waals surface area contributed by atoms with Crippen molar-refractivity contribution in [2.24, 2.45) is 0 Å². The van der Waals surface area contributed by atoms with Crippen molar-refractivity contribution >= 4 is 22.8 Å². The summed E-state index contributed by atoms with van der Waals surface area (Å²) in [6.07, 6.45) is 5.17. The number of nitrogens with zero attached hydrogens (tertiary/aromatic N) is 7. The highest BCUT2D eigenvalue weighted by Gasteiger charge is 2.32. The van der Waals surface area contributed by atoms with E-state index in [4.69, 9.17) is 5.73 Å². The standard InChI is InChI=1S/C16H20N8/c1-16(2,3)24-14-11(6-21-24)13(19-9-20-14)23-7-10(8-23)12-4-5-18-15(17)22-12/h4-6,9-10H,7-8H2,1-3H3,(H2,17,18,22). The minimum atomic E-state index is -0.122. The molecule has 8 nitrogen and oxygen atoms in total. The van der Waals surface area contributed by atoms with Crippen LogP contribution in [0.15, 0.2) is 24.8 Å². The van der Waals surface area contributed by atoms with Crippen LogP contribution in [0.25, 0.3) is 11.0 Å². The summed E-state index contributed by atoms with van der Waals surface area (Å²) in [7, 11) is 0. The number of nitrogen functional groups attached to an aromatic ring is 1. The van der Waals surface area contributed by atoms with E-state index in [0.29, 0.717) is 11.9 Å². The van der Waals surface area contributed by atoms with Gasteiger partial charge in [0, 0.05) is 25.2 Å². The molecule has 4 heterocycles. The van der Waals surface area contributed by atoms with Crippen LogP contribution in [0.5, 0.6) is 0 Å². The monoisotopic (exact) mass is 324 g/mol. The number of rotatable bonds is 2. The van der Waals surface area contributed by atoms with Gasteiger partial charge in [-0.15, -0.1) is 0 Å². The highest BCUT2D eigenvalue weighted by molar-refractivity contribution is 5.87. The molecule has 0 saturated carbocycles. The van der Waals surface area contributed by atoms with Crippen LogP contribution in [-0.2, 0) is 5.54 Å². The fourth-order valence-corrected chi connectivity index (χ4v) is 3.03. The Labute approximate surface area is 139 Å². The first kappa shape index (κ1) is 14.8. The molecule has 2 N–H and O–H groups in total. The molecule has 0 amide bonds. The zero-order valence-corrected chi connectivity index (χ0v) is 14.0. The van der Waals surface area contributed by atoms with Crippen LogP contribution in [-0.4, -0.2) is 42.8 Å². The Morgan fingerprint density at radius 3 is 2.67 bits per heavy atom. The number of nitrogens with two attached hydrogens (primary N) is 1. The number of aromatic nitrogens is 6. The number of hydrogen-bond donors (Lipinski definition) is 1. The summed E-state index contributed by atoms with van der Waals surface area (Å²) in [5, 5.41) is 5.49. The predicted octanol–water partition coefficient (Wildman–Crippen LogP) is 1.56. The first-order valence-electron chi connectivity index (χ1n) is 7.96. The van der Waals surface area contributed by atoms with E-state index in [0.717, 1.165) is 35.6 Å². The molecule has 1 aliphatic heterocycles. The maximum absolute atomic E-state index is 5.67. The van der Waals surface area contributed by atoms with Crippen molar-refractivity contribution < 1.29 is 0 Å². The van der Waals surface area contributed by atoms with Crippen molar-refractivity contribution in [2.45, 2.75) is 32.2 Å². The largest absolute Gasteiger partial charge is 0.368 e. The van der Waals surface area contributed by atoms with E-state index in [1.807, 2.05) is 16.9 Å². The van der Waals surface area contributed by atoms with E-state index >= 15 is 0 Å². The van der Waals surface area contributed by atoms with Gasteiger partial charge in [0.05, 0.1) is 22.8 Å². The van der Waals surface area contributed by atoms with Crippen molar-refractivity contribution in [1.29, 1.82) is 0 Å². The molecule has 4 rings (SSSR count). The van der Waals surface area contributed by atoms with Crippen molar-refractivity contribution in [3.05, 3.63) is 30.5 Å². The molecule has 8 heteroatoms. The van der Waals surface area contributed by atoms with Gasteiger partial charge >= 0.3 is 0 Å². The normalized spacial score (nSPS) is 15.7. The predicted molar refractivity (Wildman–Crippen MR) is 91.7 cm³/mol. The van der Waals surface area contributed by atoms with Crippen LogP contribution in [0, 0.1) is 0 Å². The molecule has 3 aromatic heterocycles. The van der Waals surface area contributed by atoms with Gasteiger partial charge in [0.2, 0.25) is 5.95 Å². The summed E-state index contributed by atoms with van der Waals surface area (Å²) in [5.41, 5.74) is 7.39. The van der Waals surface area contributed by atoms with Crippen LogP contribution >= 0.6 is 0 Å². The molecule has 0 unspecified atom stereocenters. The molecule has 124 valence electrons. The lowest BCUT2D eigenvalue weighted by molar-refractivity contribution is 0.366. The molecule has 1 saturated heterocycles. The summed E-state index contributed by atoms with van der Waals surface area (Å²) in [6.45, 7) is 8.04. The number of fused-ring (bicyclic) bond motifs is 1. The molecule has 1 aliphatic rings. The lowest BCUT2D eigenvalue weighted by Crippen LogP contribution is -2.46. The van der Waals surface area contributed by atoms with E-state index in [1.165, 1.54) is 0 Å². The summed E-state index contributed by atoms with van der Waals surface area (Å²) < 4.78 is 1.94. The Morgan fingerprint density at radius 1 is 1.17 bits per heavy atom. The molecular formula is C16H20N8. The summed E-state index contributed by atoms with van der Waals surface area (Å²) in [5.74, 6) is 1.59. The average Bonchev–Trinajstić information content (AvgIpc) is 2.90. The molecule has 1 fully saturated rings. The molecule has 3 aromatic rings. The van der Waals surface area contributed by atoms with Crippen LogP contribution in [0.2, 0.25) is 0 Å². The quantitative estimate of drug-likeness (QED) is 0.763. The fourth-order valence-electron chi connectivity index (χ4n) is 3.03. The van der Waals surface area contributed by atoms with E-state index in [9.17, 15) is 0 Å². The molecular weight excluding hydrogens is 304 g/mol. The second-order valence-corrected chi connectivity index (χ2v) is 7.10. The van der Waals surface area contributed by atoms with Gasteiger partial charge in [-0.1, -0.05) is 0 Å². The van der Waals surface area contributed by atoms with Gasteiger partial charge in [-0.05, 0) is 26.8 Å². The van der Waals surface area contributed by atoms with Crippen LogP contribution < -0.4 is 10.6 Å². The summed E-state index contributed by atoms with van der Waals surface area (Å²) in [6, 6.07) is 1.92. The lowest BCUT2D eigenvalue weighted by Gasteiger charge is -2.39. The van der Waals surface area contributed by atoms with Gasteiger partial charge < -0.3 is 10.6 Å². The van der Waals surface area contributed by atoms with E-state index < -0.39 is 0 Å². The van der Waals surface area contributed by atoms with Crippen molar-refractivity contribution in [3.63, 3.8) is 0 Å². The third-order valence-corrected chi connectivity index (χ3v) is 4.28. The Bertz CT molecular complexity index is 888. The van der Waals surface area contributed by atoms with Gasteiger partial charge in [0.25, 0.3) is 0 Å². The van der Waals surface area contributed by atoms with Crippen LogP contribution in [0.1, 0.15) is 32.4 Å². The molecule has 0 radical (unpaired) electrons. The molecule has 0 aliphatic carbocycles. The molecule has 0 atom stereocenters. The molecule has 0 bridgehead atoms. The minimum absolute atomic E-state index is 0.122. The maximum Gasteiger partial charge on any atom is 0.220 e. The Kier molecular flexibility index (Phi) is 3.16. The molecule has 24 heavy (non-hydrogen) atoms. The van der Waals surface area contributed by atoms with E-state index in [1.54, 1.807) is 12.5 Å². The average molecular weight is 324 g/mol. The topological polar surface area (TPSA) is 98.6 Å². The molecule has 0 aromatic carbocycles. The van der Waals surface area contributed by atoms with Gasteiger partial charge in [-0.25, -0.2) is 24.6 Å². The smallest absolute Gasteiger partial charge is 0.220 e. The van der Waals surface area contributed by atoms with Crippen LogP contribution in [0.3, 0.4) is 0 Å². The van der Waals surface area contributed by atoms with Crippen molar-refractivity contribution in [1.82, 2.24) is 29.7 Å². The van der Waals surface area contributed by atoms with Gasteiger partial charge in [0.1, 0.15) is 12.1 Å². The second kappa shape index (κ2) is 5.12. The Morgan fingerprint density at radius 2 is 1.96 bits per heavy atom. The molecule has 0 spiro atoms. The zero-order chi connectivity index (χ0) is 16.9. The maximum atomic E-state index is 5.67. The van der Waals surface area contributed by atoms with Gasteiger partial charge in [-0.3, -0.25) is 0 Å². The Balaban J connectivity index is 1.62. The van der Waals surface area contributed by atoms with Crippen LogP contribution in [0.4, 0.5) is 11.8 Å². The minimum Gasteiger partial charge on any atom is -0.368 e. The second-order valence-electron chi connectivity index (χ2n) is 7.10. The lowest BCUT2D eigenvalue weighted by atomic mass is 9.96. The summed E-state index contributed by atoms with van der Waals surface area (Å²) >= 11 is 0. The summed E-state index contributed by atoms with van der Waals surface area (Å²) in [4.78, 5) is 19.4.